The van der Waals surface area contributed by atoms with Crippen LogP contribution >= 0.6 is 0 Å². The van der Waals surface area contributed by atoms with Crippen molar-refractivity contribution in [3.05, 3.63) is 0 Å². The Labute approximate surface area is 56.7 Å². The maximum Gasteiger partial charge on any atom is 0.321 e. The fourth-order valence-electron chi connectivity index (χ4n) is 0.843. The number of carbonyl (C=O) groups is 2. The van der Waals surface area contributed by atoms with Crippen LogP contribution in [0.5, 0.6) is 0 Å². The summed E-state index contributed by atoms with van der Waals surface area (Å²) in [6.45, 7) is 0.256. The van der Waals surface area contributed by atoms with E-state index in [1.54, 1.807) is 0 Å². The molecule has 0 spiro atoms. The number of hydrogen-bond acceptors (Lipinski definition) is 3. The van der Waals surface area contributed by atoms with Gasteiger partial charge in [-0.2, -0.15) is 0 Å². The third kappa shape index (κ3) is 0.950. The van der Waals surface area contributed by atoms with Gasteiger partial charge in [0.2, 0.25) is 0 Å². The summed E-state index contributed by atoms with van der Waals surface area (Å²) in [6, 6.07) is -0.891. The zero-order valence-electron chi connectivity index (χ0n) is 5.07. The minimum atomic E-state index is -1.10. The van der Waals surface area contributed by atoms with Gasteiger partial charge in [-0.15, -0.1) is 0 Å². The first-order valence-corrected chi connectivity index (χ1v) is 2.82. The van der Waals surface area contributed by atoms with Crippen LogP contribution in [0, 0.1) is 5.92 Å². The van der Waals surface area contributed by atoms with E-state index >= 15 is 0 Å². The quantitative estimate of drug-likeness (QED) is 0.451. The Balaban J connectivity index is 2.51. The topological polar surface area (TPSA) is 86.6 Å². The second kappa shape index (κ2) is 2.26. The van der Waals surface area contributed by atoms with E-state index in [-0.39, 0.29) is 6.54 Å². The molecule has 3 N–H and O–H groups in total. The molecule has 5 nitrogen and oxygen atoms in total. The highest BCUT2D eigenvalue weighted by Crippen LogP contribution is 2.12. The second-order valence-corrected chi connectivity index (χ2v) is 2.17. The van der Waals surface area contributed by atoms with Crippen molar-refractivity contribution >= 4 is 11.9 Å². The summed E-state index contributed by atoms with van der Waals surface area (Å²) in [7, 11) is 0. The molecule has 0 aromatic carbocycles. The van der Waals surface area contributed by atoms with Crippen molar-refractivity contribution < 1.29 is 19.8 Å². The van der Waals surface area contributed by atoms with Crippen LogP contribution in [0.4, 0.5) is 0 Å². The van der Waals surface area contributed by atoms with Gasteiger partial charge in [-0.05, 0) is 0 Å². The average Bonchev–Trinajstić information content (AvgIpc) is 1.56. The molecule has 1 fully saturated rings. The van der Waals surface area contributed by atoms with Crippen LogP contribution in [0.25, 0.3) is 0 Å². The number of aliphatic carboxylic acids is 2. The van der Waals surface area contributed by atoms with Crippen molar-refractivity contribution in [3.8, 4) is 0 Å². The molecule has 0 radical (unpaired) electrons. The molecule has 1 rings (SSSR count). The van der Waals surface area contributed by atoms with Crippen LogP contribution in [0.2, 0.25) is 0 Å². The highest BCUT2D eigenvalue weighted by atomic mass is 16.4. The molecule has 0 aromatic rings. The summed E-state index contributed by atoms with van der Waals surface area (Å²) in [5.74, 6) is -2.90. The fraction of sp³-hybridized carbons (Fsp3) is 0.600. The summed E-state index contributed by atoms with van der Waals surface area (Å²) in [5.41, 5.74) is 0. The molecule has 10 heavy (non-hydrogen) atoms. The maximum atomic E-state index is 10.2. The standard InChI is InChI=1S/C5H7NO4/c7-4(8)2-1-6-3(2)5(9)10/h2-3,6H,1H2,(H,7,8)(H,9,10)/t2-,3-/m1/s1. The maximum absolute atomic E-state index is 10.2. The molecule has 0 aliphatic carbocycles. The van der Waals surface area contributed by atoms with Crippen LogP contribution in [-0.2, 0) is 9.59 Å². The molecule has 1 heterocycles. The fourth-order valence-corrected chi connectivity index (χ4v) is 0.843. The Kier molecular flexibility index (Phi) is 1.58. The van der Waals surface area contributed by atoms with Crippen molar-refractivity contribution in [1.82, 2.24) is 5.32 Å². The lowest BCUT2D eigenvalue weighted by atomic mass is 9.92. The van der Waals surface area contributed by atoms with Gasteiger partial charge in [0.05, 0.1) is 5.92 Å². The summed E-state index contributed by atoms with van der Waals surface area (Å²) in [6.07, 6.45) is 0. The normalized spacial score (nSPS) is 30.8. The van der Waals surface area contributed by atoms with Gasteiger partial charge in [-0.25, -0.2) is 0 Å². The third-order valence-electron chi connectivity index (χ3n) is 1.54. The zero-order chi connectivity index (χ0) is 7.72. The van der Waals surface area contributed by atoms with Crippen molar-refractivity contribution in [2.24, 2.45) is 5.92 Å². The third-order valence-corrected chi connectivity index (χ3v) is 1.54. The van der Waals surface area contributed by atoms with Gasteiger partial charge in [-0.1, -0.05) is 0 Å². The Morgan fingerprint density at radius 3 is 2.00 bits per heavy atom. The van der Waals surface area contributed by atoms with E-state index in [0.717, 1.165) is 0 Å². The van der Waals surface area contributed by atoms with Gasteiger partial charge >= 0.3 is 11.9 Å². The number of carboxylic acid groups (broad SMARTS) is 2. The van der Waals surface area contributed by atoms with E-state index in [9.17, 15) is 9.59 Å². The van der Waals surface area contributed by atoms with E-state index < -0.39 is 23.9 Å². The SMILES string of the molecule is O=C(O)[C@@H]1CN[C@H]1C(=O)O. The molecule has 1 aliphatic rings. The van der Waals surface area contributed by atoms with E-state index in [0.29, 0.717) is 0 Å². The number of hydrogen-bond donors (Lipinski definition) is 3. The van der Waals surface area contributed by atoms with Crippen LogP contribution in [0.15, 0.2) is 0 Å². The Bertz CT molecular complexity index is 158. The van der Waals surface area contributed by atoms with Crippen molar-refractivity contribution in [1.29, 1.82) is 0 Å². The molecule has 0 unspecified atom stereocenters. The lowest BCUT2D eigenvalue weighted by Gasteiger charge is -2.30. The minimum absolute atomic E-state index is 0.256. The van der Waals surface area contributed by atoms with E-state index in [1.807, 2.05) is 0 Å². The molecule has 56 valence electrons. The predicted molar refractivity (Wildman–Crippen MR) is 30.6 cm³/mol. The molecule has 0 saturated carbocycles. The molecule has 0 aromatic heterocycles. The lowest BCUT2D eigenvalue weighted by molar-refractivity contribution is -0.155. The van der Waals surface area contributed by atoms with Crippen LogP contribution < -0.4 is 5.32 Å². The molecule has 0 bridgehead atoms. The van der Waals surface area contributed by atoms with E-state index in [2.05, 4.69) is 5.32 Å². The average molecular weight is 145 g/mol. The summed E-state index contributed by atoms with van der Waals surface area (Å²) in [5, 5.41) is 19.2. The first-order valence-electron chi connectivity index (χ1n) is 2.82. The van der Waals surface area contributed by atoms with E-state index in [1.165, 1.54) is 0 Å². The highest BCUT2D eigenvalue weighted by molar-refractivity contribution is 5.84. The predicted octanol–water partition coefficient (Wildman–Crippen LogP) is -1.26. The van der Waals surface area contributed by atoms with E-state index in [4.69, 9.17) is 10.2 Å². The smallest absolute Gasteiger partial charge is 0.321 e. The Morgan fingerprint density at radius 2 is 1.90 bits per heavy atom. The van der Waals surface area contributed by atoms with Crippen molar-refractivity contribution in [2.45, 2.75) is 6.04 Å². The van der Waals surface area contributed by atoms with Crippen LogP contribution in [0.1, 0.15) is 0 Å². The molecule has 5 heteroatoms. The lowest BCUT2D eigenvalue weighted by Crippen LogP contribution is -2.60. The number of nitrogens with one attached hydrogen (secondary N) is 1. The second-order valence-electron chi connectivity index (χ2n) is 2.17. The molecule has 1 aliphatic heterocycles. The monoisotopic (exact) mass is 145 g/mol. The Morgan fingerprint density at radius 1 is 1.30 bits per heavy atom. The highest BCUT2D eigenvalue weighted by Gasteiger charge is 2.41. The first-order chi connectivity index (χ1) is 4.63. The molecular formula is C5H7NO4. The summed E-state index contributed by atoms with van der Waals surface area (Å²) >= 11 is 0. The first kappa shape index (κ1) is 7.01. The van der Waals surface area contributed by atoms with Crippen LogP contribution in [-0.4, -0.2) is 34.7 Å². The largest absolute Gasteiger partial charge is 0.481 e. The molecular weight excluding hydrogens is 138 g/mol. The molecule has 1 saturated heterocycles. The Hall–Kier alpha value is -1.10. The number of rotatable bonds is 2. The summed E-state index contributed by atoms with van der Waals surface area (Å²) in [4.78, 5) is 20.4. The van der Waals surface area contributed by atoms with Gasteiger partial charge in [0, 0.05) is 6.54 Å². The van der Waals surface area contributed by atoms with Gasteiger partial charge in [0.25, 0.3) is 0 Å². The van der Waals surface area contributed by atoms with Gasteiger partial charge < -0.3 is 15.5 Å². The zero-order valence-corrected chi connectivity index (χ0v) is 5.07. The molecule has 0 amide bonds. The van der Waals surface area contributed by atoms with Crippen molar-refractivity contribution in [2.75, 3.05) is 6.54 Å². The number of carboxylic acids is 2. The van der Waals surface area contributed by atoms with Gasteiger partial charge in [-0.3, -0.25) is 9.59 Å². The molecule has 2 atom stereocenters. The van der Waals surface area contributed by atoms with Gasteiger partial charge in [0.15, 0.2) is 0 Å². The van der Waals surface area contributed by atoms with Gasteiger partial charge in [0.1, 0.15) is 6.04 Å². The summed E-state index contributed by atoms with van der Waals surface area (Å²) < 4.78 is 0. The van der Waals surface area contributed by atoms with Crippen molar-refractivity contribution in [3.63, 3.8) is 0 Å². The van der Waals surface area contributed by atoms with Crippen LogP contribution in [0.3, 0.4) is 0 Å². The minimum Gasteiger partial charge on any atom is -0.481 e.